The van der Waals surface area contributed by atoms with Crippen molar-refractivity contribution in [3.8, 4) is 0 Å². The van der Waals surface area contributed by atoms with Gasteiger partial charge >= 0.3 is 0 Å². The molecule has 114 valence electrons. The molecule has 1 atom stereocenters. The van der Waals surface area contributed by atoms with Crippen LogP contribution in [-0.2, 0) is 4.79 Å². The number of piperazine rings is 1. The number of nitrogens with two attached hydrogens (primary N) is 1. The molecule has 1 aliphatic rings. The highest BCUT2D eigenvalue weighted by Crippen LogP contribution is 2.28. The molecule has 1 amide bonds. The lowest BCUT2D eigenvalue weighted by Crippen LogP contribution is -2.49. The van der Waals surface area contributed by atoms with Gasteiger partial charge in [0.1, 0.15) is 5.69 Å². The Morgan fingerprint density at radius 2 is 1.95 bits per heavy atom. The van der Waals surface area contributed by atoms with Gasteiger partial charge in [-0.1, -0.05) is 12.1 Å². The number of rotatable bonds is 4. The fourth-order valence-electron chi connectivity index (χ4n) is 2.49. The lowest BCUT2D eigenvalue weighted by molar-refractivity contribution is -0.384. The fraction of sp³-hybridized carbons (Fsp3) is 0.500. The van der Waals surface area contributed by atoms with E-state index in [1.165, 1.54) is 6.07 Å². The number of benzene rings is 1. The third-order valence-electron chi connectivity index (χ3n) is 3.55. The normalized spacial score (nSPS) is 16.7. The maximum absolute atomic E-state index is 11.9. The van der Waals surface area contributed by atoms with Crippen molar-refractivity contribution in [3.05, 3.63) is 34.4 Å². The molecule has 7 heteroatoms. The van der Waals surface area contributed by atoms with Gasteiger partial charge in [0.05, 0.1) is 4.92 Å². The van der Waals surface area contributed by atoms with Crippen LogP contribution in [0.25, 0.3) is 0 Å². The molecule has 0 aliphatic carbocycles. The standard InChI is InChI=1S/C14H20N4O3/c1-11(15)10-14(19)17-8-6-16(7-9-17)12-4-2-3-5-13(12)18(20)21/h2-5,11H,6-10,15H2,1H3. The van der Waals surface area contributed by atoms with Crippen LogP contribution in [0.3, 0.4) is 0 Å². The minimum atomic E-state index is -0.372. The van der Waals surface area contributed by atoms with Gasteiger partial charge in [0.2, 0.25) is 5.91 Å². The number of nitro benzene ring substituents is 1. The van der Waals surface area contributed by atoms with Gasteiger partial charge in [-0.3, -0.25) is 14.9 Å². The van der Waals surface area contributed by atoms with E-state index in [9.17, 15) is 14.9 Å². The van der Waals surface area contributed by atoms with Crippen molar-refractivity contribution >= 4 is 17.3 Å². The molecule has 1 aromatic rings. The number of hydrogen-bond acceptors (Lipinski definition) is 5. The van der Waals surface area contributed by atoms with Gasteiger partial charge in [-0.15, -0.1) is 0 Å². The monoisotopic (exact) mass is 292 g/mol. The predicted octanol–water partition coefficient (Wildman–Crippen LogP) is 0.981. The molecule has 0 bridgehead atoms. The molecule has 0 aromatic heterocycles. The molecular weight excluding hydrogens is 272 g/mol. The predicted molar refractivity (Wildman–Crippen MR) is 80.2 cm³/mol. The van der Waals surface area contributed by atoms with E-state index >= 15 is 0 Å². The first-order chi connectivity index (χ1) is 9.99. The number of amides is 1. The molecule has 0 spiro atoms. The molecule has 7 nitrogen and oxygen atoms in total. The quantitative estimate of drug-likeness (QED) is 0.659. The Hall–Kier alpha value is -2.15. The Morgan fingerprint density at radius 3 is 2.52 bits per heavy atom. The Morgan fingerprint density at radius 1 is 1.33 bits per heavy atom. The zero-order valence-electron chi connectivity index (χ0n) is 12.1. The molecule has 21 heavy (non-hydrogen) atoms. The number of nitrogens with zero attached hydrogens (tertiary/aromatic N) is 3. The van der Waals surface area contributed by atoms with E-state index in [0.717, 1.165) is 0 Å². The van der Waals surface area contributed by atoms with Crippen LogP contribution in [-0.4, -0.2) is 48.0 Å². The second-order valence-corrected chi connectivity index (χ2v) is 5.30. The first-order valence-corrected chi connectivity index (χ1v) is 7.00. The van der Waals surface area contributed by atoms with Gasteiger partial charge < -0.3 is 15.5 Å². The lowest BCUT2D eigenvalue weighted by atomic mass is 10.2. The van der Waals surface area contributed by atoms with Crippen LogP contribution in [0.4, 0.5) is 11.4 Å². The van der Waals surface area contributed by atoms with Gasteiger partial charge in [-0.2, -0.15) is 0 Å². The van der Waals surface area contributed by atoms with Crippen molar-refractivity contribution in [2.75, 3.05) is 31.1 Å². The van der Waals surface area contributed by atoms with Crippen molar-refractivity contribution in [2.45, 2.75) is 19.4 Å². The highest BCUT2D eigenvalue weighted by atomic mass is 16.6. The Kier molecular flexibility index (Phi) is 4.74. The Labute approximate surface area is 123 Å². The topological polar surface area (TPSA) is 92.7 Å². The molecule has 1 heterocycles. The third kappa shape index (κ3) is 3.69. The molecule has 1 fully saturated rings. The first kappa shape index (κ1) is 15.2. The third-order valence-corrected chi connectivity index (χ3v) is 3.55. The van der Waals surface area contributed by atoms with Crippen molar-refractivity contribution in [1.82, 2.24) is 4.90 Å². The number of hydrogen-bond donors (Lipinski definition) is 1. The number of para-hydroxylation sites is 2. The number of nitro groups is 1. The van der Waals surface area contributed by atoms with Crippen molar-refractivity contribution in [2.24, 2.45) is 5.73 Å². The fourth-order valence-corrected chi connectivity index (χ4v) is 2.49. The lowest BCUT2D eigenvalue weighted by Gasteiger charge is -2.36. The van der Waals surface area contributed by atoms with E-state index in [1.807, 2.05) is 11.8 Å². The molecule has 0 saturated carbocycles. The summed E-state index contributed by atoms with van der Waals surface area (Å²) in [6.45, 7) is 4.13. The van der Waals surface area contributed by atoms with Crippen molar-refractivity contribution in [1.29, 1.82) is 0 Å². The number of carbonyl (C=O) groups excluding carboxylic acids is 1. The van der Waals surface area contributed by atoms with Gasteiger partial charge in [-0.05, 0) is 13.0 Å². The largest absolute Gasteiger partial charge is 0.362 e. The summed E-state index contributed by atoms with van der Waals surface area (Å²) in [5.41, 5.74) is 6.36. The van der Waals surface area contributed by atoms with Gasteiger partial charge in [0.25, 0.3) is 5.69 Å². The summed E-state index contributed by atoms with van der Waals surface area (Å²) in [6, 6.07) is 6.55. The van der Waals surface area contributed by atoms with E-state index in [0.29, 0.717) is 38.3 Å². The second-order valence-electron chi connectivity index (χ2n) is 5.30. The highest BCUT2D eigenvalue weighted by Gasteiger charge is 2.25. The Balaban J connectivity index is 2.01. The van der Waals surface area contributed by atoms with Gasteiger partial charge in [0.15, 0.2) is 0 Å². The smallest absolute Gasteiger partial charge is 0.292 e. The van der Waals surface area contributed by atoms with E-state index in [2.05, 4.69) is 0 Å². The minimum Gasteiger partial charge on any atom is -0.362 e. The zero-order chi connectivity index (χ0) is 15.4. The SMILES string of the molecule is CC(N)CC(=O)N1CCN(c2ccccc2[N+](=O)[O-])CC1. The summed E-state index contributed by atoms with van der Waals surface area (Å²) in [7, 11) is 0. The molecule has 1 aliphatic heterocycles. The molecule has 2 N–H and O–H groups in total. The van der Waals surface area contributed by atoms with Crippen LogP contribution < -0.4 is 10.6 Å². The zero-order valence-corrected chi connectivity index (χ0v) is 12.1. The van der Waals surface area contributed by atoms with Crippen LogP contribution >= 0.6 is 0 Å². The van der Waals surface area contributed by atoms with Crippen LogP contribution in [0.1, 0.15) is 13.3 Å². The van der Waals surface area contributed by atoms with Crippen LogP contribution in [0.5, 0.6) is 0 Å². The summed E-state index contributed by atoms with van der Waals surface area (Å²) in [5.74, 6) is 0.0483. The maximum Gasteiger partial charge on any atom is 0.292 e. The molecular formula is C14H20N4O3. The summed E-state index contributed by atoms with van der Waals surface area (Å²) in [6.07, 6.45) is 0.339. The summed E-state index contributed by atoms with van der Waals surface area (Å²) >= 11 is 0. The van der Waals surface area contributed by atoms with Crippen molar-refractivity contribution < 1.29 is 9.72 Å². The molecule has 0 radical (unpaired) electrons. The first-order valence-electron chi connectivity index (χ1n) is 7.00. The summed E-state index contributed by atoms with van der Waals surface area (Å²) in [5, 5.41) is 11.1. The number of carbonyl (C=O) groups is 1. The van der Waals surface area contributed by atoms with Gasteiger partial charge in [0, 0.05) is 44.7 Å². The Bertz CT molecular complexity index is 525. The molecule has 1 saturated heterocycles. The average molecular weight is 292 g/mol. The van der Waals surface area contributed by atoms with E-state index in [-0.39, 0.29) is 22.6 Å². The van der Waals surface area contributed by atoms with E-state index < -0.39 is 0 Å². The maximum atomic E-state index is 11.9. The highest BCUT2D eigenvalue weighted by molar-refractivity contribution is 5.77. The van der Waals surface area contributed by atoms with Crippen LogP contribution in [0.2, 0.25) is 0 Å². The van der Waals surface area contributed by atoms with Crippen LogP contribution in [0, 0.1) is 10.1 Å². The van der Waals surface area contributed by atoms with Crippen molar-refractivity contribution in [3.63, 3.8) is 0 Å². The van der Waals surface area contributed by atoms with Crippen LogP contribution in [0.15, 0.2) is 24.3 Å². The molecule has 2 rings (SSSR count). The number of anilines is 1. The molecule has 1 aromatic carbocycles. The minimum absolute atomic E-state index is 0.0483. The van der Waals surface area contributed by atoms with E-state index in [1.54, 1.807) is 23.1 Å². The average Bonchev–Trinajstić information content (AvgIpc) is 2.46. The second kappa shape index (κ2) is 6.53. The summed E-state index contributed by atoms with van der Waals surface area (Å²) in [4.78, 5) is 26.4. The molecule has 1 unspecified atom stereocenters. The summed E-state index contributed by atoms with van der Waals surface area (Å²) < 4.78 is 0. The van der Waals surface area contributed by atoms with Gasteiger partial charge in [-0.25, -0.2) is 0 Å². The van der Waals surface area contributed by atoms with E-state index in [4.69, 9.17) is 5.73 Å².